The molecule has 2 aliphatic heterocycles. The number of nitrogens with two attached hydrogens (primary N) is 3. The van der Waals surface area contributed by atoms with E-state index in [0.29, 0.717) is 47.1 Å². The summed E-state index contributed by atoms with van der Waals surface area (Å²) in [5.74, 6) is -8.76. The molecule has 2 fully saturated rings. The normalized spacial score (nSPS) is 16.9. The van der Waals surface area contributed by atoms with Crippen molar-refractivity contribution in [3.8, 4) is 5.75 Å². The molecule has 0 aliphatic carbocycles. The lowest BCUT2D eigenvalue weighted by Gasteiger charge is -2.30. The first-order valence-corrected chi connectivity index (χ1v) is 30.0. The van der Waals surface area contributed by atoms with E-state index < -0.39 is 127 Å². The van der Waals surface area contributed by atoms with Gasteiger partial charge in [0.1, 0.15) is 66.0 Å². The van der Waals surface area contributed by atoms with Crippen molar-refractivity contribution in [2.75, 3.05) is 32.8 Å². The molecular formula is C59H84N18O13. The predicted octanol–water partition coefficient (Wildman–Crippen LogP) is -3.68. The van der Waals surface area contributed by atoms with Crippen LogP contribution < -0.4 is 70.4 Å². The molecule has 4 aromatic rings. The minimum absolute atomic E-state index is 0.00670. The zero-order valence-corrected chi connectivity index (χ0v) is 50.4. The van der Waals surface area contributed by atoms with E-state index in [-0.39, 0.29) is 107 Å². The molecule has 0 radical (unpaired) electrons. The van der Waals surface area contributed by atoms with Crippen LogP contribution in [0.1, 0.15) is 95.0 Å². The van der Waals surface area contributed by atoms with Gasteiger partial charge in [-0.3, -0.25) is 58.1 Å². The summed E-state index contributed by atoms with van der Waals surface area (Å²) in [5.41, 5.74) is 18.2. The van der Waals surface area contributed by atoms with Gasteiger partial charge >= 0.3 is 0 Å². The van der Waals surface area contributed by atoms with Crippen LogP contribution in [-0.4, -0.2) is 188 Å². The highest BCUT2D eigenvalue weighted by Crippen LogP contribution is 2.22. The molecule has 2 saturated heterocycles. The maximum atomic E-state index is 14.7. The Morgan fingerprint density at radius 2 is 1.31 bits per heavy atom. The van der Waals surface area contributed by atoms with E-state index in [1.54, 1.807) is 44.3 Å². The molecule has 0 spiro atoms. The maximum absolute atomic E-state index is 14.7. The van der Waals surface area contributed by atoms with Gasteiger partial charge in [-0.05, 0) is 99.6 Å². The zero-order valence-electron chi connectivity index (χ0n) is 50.4. The molecule has 2 aromatic carbocycles. The summed E-state index contributed by atoms with van der Waals surface area (Å²) < 4.78 is 0. The number of aliphatic hydroxyl groups excluding tert-OH is 1. The van der Waals surface area contributed by atoms with Crippen LogP contribution in [0.25, 0.3) is 10.9 Å². The number of phenolic OH excluding ortho intramolecular Hbond substituents is 1. The van der Waals surface area contributed by atoms with Crippen molar-refractivity contribution < 1.29 is 63.0 Å². The van der Waals surface area contributed by atoms with Crippen molar-refractivity contribution >= 4 is 81.8 Å². The number of phenols is 1. The number of hydrogen-bond acceptors (Lipinski definition) is 16. The maximum Gasteiger partial charge on any atom is 0.245 e. The van der Waals surface area contributed by atoms with Crippen LogP contribution in [0.2, 0.25) is 0 Å². The van der Waals surface area contributed by atoms with Gasteiger partial charge in [0.15, 0.2) is 5.96 Å². The highest BCUT2D eigenvalue weighted by Gasteiger charge is 2.40. The van der Waals surface area contributed by atoms with Crippen molar-refractivity contribution in [3.63, 3.8) is 0 Å². The van der Waals surface area contributed by atoms with Gasteiger partial charge < -0.3 is 95.4 Å². The van der Waals surface area contributed by atoms with E-state index in [9.17, 15) is 63.0 Å². The summed E-state index contributed by atoms with van der Waals surface area (Å²) >= 11 is 0. The predicted molar refractivity (Wildman–Crippen MR) is 326 cm³/mol. The van der Waals surface area contributed by atoms with Crippen LogP contribution in [-0.2, 0) is 72.0 Å². The van der Waals surface area contributed by atoms with E-state index in [2.05, 4.69) is 68.1 Å². The number of guanidine groups is 1. The Morgan fingerprint density at radius 3 is 1.94 bits per heavy atom. The largest absolute Gasteiger partial charge is 0.508 e. The third kappa shape index (κ3) is 21.0. The molecule has 31 heteroatoms. The Bertz CT molecular complexity index is 3160. The number of aliphatic hydroxyl groups is 1. The number of para-hydroxylation sites is 1. The second-order valence-corrected chi connectivity index (χ2v) is 22.7. The van der Waals surface area contributed by atoms with Gasteiger partial charge in [0.25, 0.3) is 0 Å². The summed E-state index contributed by atoms with van der Waals surface area (Å²) in [4.78, 5) is 163. The summed E-state index contributed by atoms with van der Waals surface area (Å²) in [7, 11) is 0. The number of aromatic hydroxyl groups is 1. The average Bonchev–Trinajstić information content (AvgIpc) is 3.74. The van der Waals surface area contributed by atoms with Crippen LogP contribution in [0, 0.1) is 11.3 Å². The minimum Gasteiger partial charge on any atom is -0.508 e. The lowest BCUT2D eigenvalue weighted by atomic mass is 10.00. The number of aromatic nitrogens is 3. The summed E-state index contributed by atoms with van der Waals surface area (Å²) in [6, 6.07) is 0.813. The number of amides is 11. The van der Waals surface area contributed by atoms with E-state index in [4.69, 9.17) is 22.6 Å². The van der Waals surface area contributed by atoms with Gasteiger partial charge in [0.05, 0.1) is 13.2 Å². The Balaban J connectivity index is 1.23. The third-order valence-electron chi connectivity index (χ3n) is 15.2. The molecule has 9 atom stereocenters. The SMILES string of the molecule is CC(C)C[C@H](NC(=O)[C@@H](CCCCN)NC(=O)[C@@H](Cc1ccc(O)cc1)NC(=O)[C@H](CO)NC(=O)[C@H](Cc1c[nH]c2ccccc12)NC(=O)[C@H](Cc1ncc[nH]1)NC(=O)[C@@H]1CCC(=O)N1)C(=O)N[C@@H](CCCNC(=N)N)C(=O)N1CCC[C@H]1C(=O)NCC(N)=O. The highest BCUT2D eigenvalue weighted by atomic mass is 16.3. The number of unbranched alkanes of at least 4 members (excludes halogenated alkanes) is 1. The molecule has 11 amide bonds. The molecule has 21 N–H and O–H groups in total. The van der Waals surface area contributed by atoms with Gasteiger partial charge in [-0.2, -0.15) is 0 Å². The lowest BCUT2D eigenvalue weighted by molar-refractivity contribution is -0.142. The molecule has 90 heavy (non-hydrogen) atoms. The summed E-state index contributed by atoms with van der Waals surface area (Å²) in [6.45, 7) is 2.62. The number of benzene rings is 2. The quantitative estimate of drug-likeness (QED) is 0.0120. The Labute approximate surface area is 519 Å². The van der Waals surface area contributed by atoms with Crippen LogP contribution in [0.15, 0.2) is 67.1 Å². The number of likely N-dealkylation sites (tertiary alicyclic amines) is 1. The number of carbonyl (C=O) groups excluding carboxylic acids is 11. The van der Waals surface area contributed by atoms with Gasteiger partial charge in [-0.15, -0.1) is 0 Å². The van der Waals surface area contributed by atoms with Crippen LogP contribution in [0.4, 0.5) is 0 Å². The fourth-order valence-corrected chi connectivity index (χ4v) is 10.6. The number of nitrogens with zero attached hydrogens (tertiary/aromatic N) is 2. The van der Waals surface area contributed by atoms with Crippen molar-refractivity contribution in [3.05, 3.63) is 84.1 Å². The Morgan fingerprint density at radius 1 is 0.700 bits per heavy atom. The van der Waals surface area contributed by atoms with E-state index in [1.165, 1.54) is 41.6 Å². The minimum atomic E-state index is -1.78. The van der Waals surface area contributed by atoms with E-state index in [0.717, 1.165) is 0 Å². The molecule has 488 valence electrons. The molecule has 0 saturated carbocycles. The number of aromatic amines is 2. The van der Waals surface area contributed by atoms with Gasteiger partial charge in [-0.1, -0.05) is 44.2 Å². The zero-order chi connectivity index (χ0) is 65.4. The average molecular weight is 1250 g/mol. The topological polar surface area (TPSA) is 498 Å². The van der Waals surface area contributed by atoms with Crippen LogP contribution in [0.5, 0.6) is 5.75 Å². The molecule has 6 rings (SSSR count). The number of hydrogen-bond donors (Lipinski definition) is 18. The molecule has 31 nitrogen and oxygen atoms in total. The molecule has 2 aromatic heterocycles. The third-order valence-corrected chi connectivity index (χ3v) is 15.2. The van der Waals surface area contributed by atoms with E-state index >= 15 is 0 Å². The standard InChI is InChI=1S/C59H84N18O13/c1-32(2)25-41(52(84)71-40(12-7-21-66-59(62)63)58(90)77-24-8-13-46(77)57(89)68-30-47(61)80)72-50(82)38(11-5-6-20-60)70-53(85)42(26-33-14-16-35(79)17-15-33)73-56(88)45(31-78)76-54(86)43(27-34-29-67-37-10-4-3-9-36(34)37)74-55(87)44(28-48-64-22-23-65-48)75-51(83)39-18-19-49(81)69-39/h3-4,9-10,14-17,22-23,29,32,38-46,67,78-79H,5-8,11-13,18-21,24-28,30-31,60H2,1-2H3,(H2,61,80)(H,64,65)(H,68,89)(H,69,81)(H,70,85)(H,71,84)(H,72,82)(H,73,88)(H,74,87)(H,75,83)(H,76,86)(H4,62,63,66)/t38-,39+,40+,41+,42-,43+,44+,45+,46+/m1/s1. The van der Waals surface area contributed by atoms with Gasteiger partial charge in [0.2, 0.25) is 65.0 Å². The van der Waals surface area contributed by atoms with Crippen molar-refractivity contribution in [2.24, 2.45) is 23.1 Å². The van der Waals surface area contributed by atoms with Crippen molar-refractivity contribution in [1.82, 2.24) is 73.0 Å². The Kier molecular flexibility index (Phi) is 26.4. The Hall–Kier alpha value is -9.65. The number of primary amides is 1. The summed E-state index contributed by atoms with van der Waals surface area (Å²) in [6.07, 6.45) is 5.92. The summed E-state index contributed by atoms with van der Waals surface area (Å²) in [5, 5.41) is 55.5. The number of carbonyl (C=O) groups is 11. The number of nitrogens with one attached hydrogen (secondary N) is 13. The molecule has 0 unspecified atom stereocenters. The molecular weight excluding hydrogens is 1170 g/mol. The second-order valence-electron chi connectivity index (χ2n) is 22.7. The number of rotatable bonds is 35. The molecule has 4 heterocycles. The van der Waals surface area contributed by atoms with Crippen LogP contribution >= 0.6 is 0 Å². The first-order chi connectivity index (χ1) is 43.0. The first-order valence-electron chi connectivity index (χ1n) is 30.0. The van der Waals surface area contributed by atoms with Crippen molar-refractivity contribution in [2.45, 2.75) is 152 Å². The fourth-order valence-electron chi connectivity index (χ4n) is 10.6. The molecule has 2 aliphatic rings. The number of fused-ring (bicyclic) bond motifs is 1. The highest BCUT2D eigenvalue weighted by molar-refractivity contribution is 5.99. The van der Waals surface area contributed by atoms with E-state index in [1.807, 2.05) is 0 Å². The number of H-pyrrole nitrogens is 2. The first kappa shape index (κ1) is 69.5. The monoisotopic (exact) mass is 1250 g/mol. The smallest absolute Gasteiger partial charge is 0.245 e. The van der Waals surface area contributed by atoms with Crippen molar-refractivity contribution in [1.29, 1.82) is 5.41 Å². The van der Waals surface area contributed by atoms with Gasteiger partial charge in [0, 0.05) is 68.3 Å². The lowest BCUT2D eigenvalue weighted by Crippen LogP contribution is -2.61. The number of imidazole rings is 1. The van der Waals surface area contributed by atoms with Gasteiger partial charge in [-0.25, -0.2) is 4.98 Å². The second kappa shape index (κ2) is 34.2. The fraction of sp³-hybridized carbons (Fsp3) is 0.508. The molecule has 0 bridgehead atoms. The van der Waals surface area contributed by atoms with Crippen LogP contribution in [0.3, 0.4) is 0 Å².